The molecule has 17 heavy (non-hydrogen) atoms. The van der Waals surface area contributed by atoms with Gasteiger partial charge in [0, 0.05) is 19.2 Å². The van der Waals surface area contributed by atoms with Crippen molar-refractivity contribution >= 4 is 42.3 Å². The Morgan fingerprint density at radius 1 is 1.47 bits per heavy atom. The molecular weight excluding hydrogens is 377 g/mol. The van der Waals surface area contributed by atoms with Gasteiger partial charge in [0.25, 0.3) is 9.05 Å². The van der Waals surface area contributed by atoms with Gasteiger partial charge in [-0.05, 0) is 64.7 Å². The van der Waals surface area contributed by atoms with E-state index in [2.05, 4.69) is 10.0 Å². The highest BCUT2D eigenvalue weighted by molar-refractivity contribution is 14.1. The second-order valence-corrected chi connectivity index (χ2v) is 7.09. The molecule has 0 saturated carbocycles. The average Bonchev–Trinajstić information content (AvgIpc) is 2.20. The summed E-state index contributed by atoms with van der Waals surface area (Å²) in [5, 5.41) is 3.44. The molecule has 8 heteroatoms. The smallest absolute Gasteiger partial charge is 0.207 e. The van der Waals surface area contributed by atoms with Crippen molar-refractivity contribution < 1.29 is 8.42 Å². The Hall–Kier alpha value is -0.500. The topological polar surface area (TPSA) is 82.9 Å². The second kappa shape index (κ2) is 5.43. The lowest BCUT2D eigenvalue weighted by Gasteiger charge is -2.12. The minimum atomic E-state index is -3.80. The molecule has 0 bridgehead atoms. The van der Waals surface area contributed by atoms with Crippen LogP contribution in [0.5, 0.6) is 0 Å². The third kappa shape index (κ3) is 3.25. The summed E-state index contributed by atoms with van der Waals surface area (Å²) in [7, 11) is 1.61. The summed E-state index contributed by atoms with van der Waals surface area (Å²) in [5.74, 6) is 0. The Labute approximate surface area is 117 Å². The Kier molecular flexibility index (Phi) is 4.65. The van der Waals surface area contributed by atoms with Crippen LogP contribution in [-0.4, -0.2) is 8.42 Å². The van der Waals surface area contributed by atoms with Gasteiger partial charge >= 0.3 is 0 Å². The van der Waals surface area contributed by atoms with Crippen LogP contribution in [0.15, 0.2) is 16.1 Å². The van der Waals surface area contributed by atoms with E-state index in [0.29, 0.717) is 16.7 Å². The normalized spacial score (nSPS) is 11.1. The molecule has 0 aromatic heterocycles. The minimum absolute atomic E-state index is 0.106. The summed E-state index contributed by atoms with van der Waals surface area (Å²) in [5.41, 5.74) is 10.1. The molecule has 0 aliphatic rings. The van der Waals surface area contributed by atoms with Gasteiger partial charge in [0.2, 0.25) is 0 Å². The van der Waals surface area contributed by atoms with Crippen molar-refractivity contribution in [1.82, 2.24) is 0 Å². The van der Waals surface area contributed by atoms with Crippen molar-refractivity contribution in [2.45, 2.75) is 25.3 Å². The molecule has 0 N–H and O–H groups in total. The molecule has 0 atom stereocenters. The van der Waals surface area contributed by atoms with Crippen LogP contribution in [0, 0.1) is 17.4 Å². The third-order valence-corrected chi connectivity index (χ3v) is 5.05. The minimum Gasteiger partial charge on any atom is -0.207 e. The number of nitrogens with zero attached hydrogens (tertiary/aromatic N) is 3. The van der Waals surface area contributed by atoms with Crippen LogP contribution in [0.3, 0.4) is 0 Å². The van der Waals surface area contributed by atoms with Crippen molar-refractivity contribution in [2.75, 3.05) is 0 Å². The van der Waals surface area contributed by atoms with E-state index in [1.165, 1.54) is 0 Å². The first kappa shape index (κ1) is 14.6. The van der Waals surface area contributed by atoms with Gasteiger partial charge in [-0.25, -0.2) is 8.42 Å². The van der Waals surface area contributed by atoms with Crippen molar-refractivity contribution in [3.8, 4) is 0 Å². The Balaban J connectivity index is 3.59. The molecule has 0 heterocycles. The zero-order valence-electron chi connectivity index (χ0n) is 9.11. The van der Waals surface area contributed by atoms with Gasteiger partial charge in [-0.3, -0.25) is 0 Å². The standard InChI is InChI=1S/C9H9ClIN3O2S/c1-5-7(4-13-14-12)3-8(11)6(2)9(5)17(10,15)16/h3H,4H2,1-2H3. The van der Waals surface area contributed by atoms with Crippen molar-refractivity contribution in [3.63, 3.8) is 0 Å². The molecule has 0 fully saturated rings. The molecule has 0 aliphatic heterocycles. The van der Waals surface area contributed by atoms with Crippen molar-refractivity contribution in [2.24, 2.45) is 5.11 Å². The van der Waals surface area contributed by atoms with Crippen LogP contribution in [0.2, 0.25) is 0 Å². The lowest BCUT2D eigenvalue weighted by atomic mass is 10.1. The summed E-state index contributed by atoms with van der Waals surface area (Å²) in [6, 6.07) is 1.80. The van der Waals surface area contributed by atoms with Crippen LogP contribution in [0.1, 0.15) is 16.7 Å². The average molecular weight is 386 g/mol. The van der Waals surface area contributed by atoms with Crippen LogP contribution < -0.4 is 0 Å². The Morgan fingerprint density at radius 3 is 2.53 bits per heavy atom. The van der Waals surface area contributed by atoms with E-state index >= 15 is 0 Å². The maximum absolute atomic E-state index is 11.5. The van der Waals surface area contributed by atoms with E-state index in [1.807, 2.05) is 22.6 Å². The quantitative estimate of drug-likeness (QED) is 0.262. The molecule has 0 amide bonds. The molecule has 5 nitrogen and oxygen atoms in total. The first-order chi connectivity index (χ1) is 7.79. The molecule has 0 aliphatic carbocycles. The highest BCUT2D eigenvalue weighted by atomic mass is 127. The van der Waals surface area contributed by atoms with Crippen LogP contribution in [0.4, 0.5) is 0 Å². The van der Waals surface area contributed by atoms with E-state index in [0.717, 1.165) is 3.57 Å². The zero-order valence-corrected chi connectivity index (χ0v) is 12.8. The lowest BCUT2D eigenvalue weighted by molar-refractivity contribution is 0.608. The van der Waals surface area contributed by atoms with Crippen LogP contribution in [-0.2, 0) is 15.6 Å². The molecular formula is C9H9ClIN3O2S. The Bertz CT molecular complexity index is 609. The van der Waals surface area contributed by atoms with E-state index in [1.54, 1.807) is 19.9 Å². The maximum Gasteiger partial charge on any atom is 0.261 e. The van der Waals surface area contributed by atoms with Gasteiger partial charge in [-0.15, -0.1) is 0 Å². The Morgan fingerprint density at radius 2 is 2.06 bits per heavy atom. The number of azide groups is 1. The number of hydrogen-bond acceptors (Lipinski definition) is 3. The van der Waals surface area contributed by atoms with Crippen molar-refractivity contribution in [1.29, 1.82) is 0 Å². The van der Waals surface area contributed by atoms with Crippen molar-refractivity contribution in [3.05, 3.63) is 36.8 Å². The predicted octanol–water partition coefficient (Wildman–Crippen LogP) is 3.65. The van der Waals surface area contributed by atoms with Gasteiger partial charge < -0.3 is 0 Å². The largest absolute Gasteiger partial charge is 0.261 e. The molecule has 0 spiro atoms. The molecule has 92 valence electrons. The van der Waals surface area contributed by atoms with Gasteiger partial charge in [-0.1, -0.05) is 5.11 Å². The molecule has 0 unspecified atom stereocenters. The summed E-state index contributed by atoms with van der Waals surface area (Å²) in [6.45, 7) is 3.46. The zero-order chi connectivity index (χ0) is 13.2. The number of hydrogen-bond donors (Lipinski definition) is 0. The fourth-order valence-electron chi connectivity index (χ4n) is 1.54. The number of rotatable bonds is 3. The molecule has 1 aromatic carbocycles. The van der Waals surface area contributed by atoms with E-state index in [4.69, 9.17) is 16.2 Å². The number of benzene rings is 1. The van der Waals surface area contributed by atoms with Gasteiger partial charge in [-0.2, -0.15) is 0 Å². The van der Waals surface area contributed by atoms with Crippen LogP contribution in [0.25, 0.3) is 10.4 Å². The molecule has 0 saturated heterocycles. The van der Waals surface area contributed by atoms with E-state index < -0.39 is 9.05 Å². The number of halogens is 2. The van der Waals surface area contributed by atoms with Crippen LogP contribution >= 0.6 is 33.3 Å². The third-order valence-electron chi connectivity index (χ3n) is 2.37. The van der Waals surface area contributed by atoms with E-state index in [9.17, 15) is 8.42 Å². The SMILES string of the molecule is Cc1c(I)cc(CN=[N+]=[N-])c(C)c1S(=O)(=O)Cl. The molecule has 0 radical (unpaired) electrons. The van der Waals surface area contributed by atoms with Gasteiger partial charge in [0.15, 0.2) is 0 Å². The first-order valence-electron chi connectivity index (χ1n) is 4.53. The first-order valence-corrected chi connectivity index (χ1v) is 7.92. The second-order valence-electron chi connectivity index (χ2n) is 3.42. The monoisotopic (exact) mass is 385 g/mol. The fourth-order valence-corrected chi connectivity index (χ4v) is 4.04. The summed E-state index contributed by atoms with van der Waals surface area (Å²) < 4.78 is 23.8. The summed E-state index contributed by atoms with van der Waals surface area (Å²) in [6.07, 6.45) is 0. The summed E-state index contributed by atoms with van der Waals surface area (Å²) in [4.78, 5) is 2.76. The van der Waals surface area contributed by atoms with Gasteiger partial charge in [0.1, 0.15) is 0 Å². The highest BCUT2D eigenvalue weighted by Crippen LogP contribution is 2.30. The fraction of sp³-hybridized carbons (Fsp3) is 0.333. The lowest BCUT2D eigenvalue weighted by Crippen LogP contribution is -2.04. The maximum atomic E-state index is 11.5. The summed E-state index contributed by atoms with van der Waals surface area (Å²) >= 11 is 2.03. The highest BCUT2D eigenvalue weighted by Gasteiger charge is 2.20. The van der Waals surface area contributed by atoms with Gasteiger partial charge in [0.05, 0.1) is 11.4 Å². The molecule has 1 aromatic rings. The predicted molar refractivity (Wildman–Crippen MR) is 74.5 cm³/mol. The molecule has 1 rings (SSSR count). The van der Waals surface area contributed by atoms with E-state index in [-0.39, 0.29) is 11.4 Å².